The minimum absolute atomic E-state index is 0.0302. The Balaban J connectivity index is 1.18. The van der Waals surface area contributed by atoms with Gasteiger partial charge in [-0.2, -0.15) is 0 Å². The van der Waals surface area contributed by atoms with Gasteiger partial charge < -0.3 is 15.3 Å². The number of halogens is 1. The van der Waals surface area contributed by atoms with Crippen LogP contribution in [0, 0.1) is 5.92 Å². The SMILES string of the molecule is O=C(N[C@@H]1C[C@H]1c1ccccc1Cl)C1CCN(c2ccc3cccc(O)c3n2)CC1. The summed E-state index contributed by atoms with van der Waals surface area (Å²) in [6.45, 7) is 1.56. The fourth-order valence-corrected chi connectivity index (χ4v) is 4.72. The van der Waals surface area contributed by atoms with Crippen LogP contribution in [0.1, 0.15) is 30.7 Å². The Labute approximate surface area is 180 Å². The molecule has 1 aromatic heterocycles. The number of nitrogens with one attached hydrogen (secondary N) is 1. The standard InChI is InChI=1S/C24H24ClN3O2/c25-19-6-2-1-5-17(19)18-14-20(18)26-24(30)16-10-12-28(13-11-16)22-9-8-15-4-3-7-21(29)23(15)27-22/h1-9,16,18,20,29H,10-14H2,(H,26,30)/t18-,20+/m0/s1. The number of phenolic OH excluding ortho intramolecular Hbond substituents is 1. The molecule has 0 radical (unpaired) electrons. The predicted molar refractivity (Wildman–Crippen MR) is 119 cm³/mol. The molecule has 6 heteroatoms. The zero-order valence-electron chi connectivity index (χ0n) is 16.6. The number of anilines is 1. The van der Waals surface area contributed by atoms with E-state index in [1.807, 2.05) is 48.5 Å². The van der Waals surface area contributed by atoms with Crippen LogP contribution in [0.3, 0.4) is 0 Å². The molecule has 0 spiro atoms. The van der Waals surface area contributed by atoms with Crippen molar-refractivity contribution < 1.29 is 9.90 Å². The fraction of sp³-hybridized carbons (Fsp3) is 0.333. The largest absolute Gasteiger partial charge is 0.506 e. The molecular weight excluding hydrogens is 398 g/mol. The molecule has 5 nitrogen and oxygen atoms in total. The summed E-state index contributed by atoms with van der Waals surface area (Å²) in [4.78, 5) is 19.6. The molecular formula is C24H24ClN3O2. The van der Waals surface area contributed by atoms with Gasteiger partial charge >= 0.3 is 0 Å². The molecule has 2 aliphatic rings. The van der Waals surface area contributed by atoms with E-state index < -0.39 is 0 Å². The van der Waals surface area contributed by atoms with E-state index in [0.717, 1.165) is 54.1 Å². The molecule has 1 aliphatic heterocycles. The number of rotatable bonds is 4. The van der Waals surface area contributed by atoms with E-state index in [1.54, 1.807) is 6.07 Å². The first-order chi connectivity index (χ1) is 14.6. The average molecular weight is 422 g/mol. The average Bonchev–Trinajstić information content (AvgIpc) is 3.53. The first kappa shape index (κ1) is 19.2. The van der Waals surface area contributed by atoms with Gasteiger partial charge in [0.25, 0.3) is 0 Å². The van der Waals surface area contributed by atoms with Crippen molar-refractivity contribution in [2.24, 2.45) is 5.92 Å². The van der Waals surface area contributed by atoms with E-state index >= 15 is 0 Å². The Kier molecular flexibility index (Phi) is 4.99. The molecule has 30 heavy (non-hydrogen) atoms. The maximum Gasteiger partial charge on any atom is 0.223 e. The number of nitrogens with zero attached hydrogens (tertiary/aromatic N) is 2. The number of phenols is 1. The second-order valence-corrected chi connectivity index (χ2v) is 8.67. The van der Waals surface area contributed by atoms with Crippen LogP contribution in [0.2, 0.25) is 5.02 Å². The quantitative estimate of drug-likeness (QED) is 0.651. The Morgan fingerprint density at radius 3 is 2.67 bits per heavy atom. The van der Waals surface area contributed by atoms with E-state index in [2.05, 4.69) is 15.2 Å². The molecule has 1 aliphatic carbocycles. The number of para-hydroxylation sites is 1. The van der Waals surface area contributed by atoms with Crippen LogP contribution in [0.25, 0.3) is 10.9 Å². The number of benzene rings is 2. The van der Waals surface area contributed by atoms with E-state index in [9.17, 15) is 9.90 Å². The molecule has 0 unspecified atom stereocenters. The summed E-state index contributed by atoms with van der Waals surface area (Å²) in [5.74, 6) is 1.56. The second-order valence-electron chi connectivity index (χ2n) is 8.26. The third kappa shape index (κ3) is 3.70. The molecule has 2 N–H and O–H groups in total. The van der Waals surface area contributed by atoms with Crippen molar-refractivity contribution in [1.29, 1.82) is 0 Å². The maximum atomic E-state index is 12.8. The molecule has 1 saturated carbocycles. The Morgan fingerprint density at radius 2 is 1.87 bits per heavy atom. The van der Waals surface area contributed by atoms with Crippen molar-refractivity contribution in [2.45, 2.75) is 31.2 Å². The number of aromatic hydroxyl groups is 1. The molecule has 2 atom stereocenters. The highest BCUT2D eigenvalue weighted by atomic mass is 35.5. The van der Waals surface area contributed by atoms with Gasteiger partial charge in [0.05, 0.1) is 0 Å². The van der Waals surface area contributed by atoms with Gasteiger partial charge in [0, 0.05) is 41.4 Å². The monoisotopic (exact) mass is 421 g/mol. The Bertz CT molecular complexity index is 1090. The number of fused-ring (bicyclic) bond motifs is 1. The van der Waals surface area contributed by atoms with E-state index in [4.69, 9.17) is 11.6 Å². The predicted octanol–water partition coefficient (Wildman–Crippen LogP) is 4.48. The number of amides is 1. The number of carbonyl (C=O) groups is 1. The molecule has 5 rings (SSSR count). The number of carbonyl (C=O) groups excluding carboxylic acids is 1. The van der Waals surface area contributed by atoms with Gasteiger partial charge in [-0.25, -0.2) is 4.98 Å². The van der Waals surface area contributed by atoms with Gasteiger partial charge in [0.15, 0.2) is 0 Å². The van der Waals surface area contributed by atoms with Crippen molar-refractivity contribution in [2.75, 3.05) is 18.0 Å². The highest BCUT2D eigenvalue weighted by Gasteiger charge is 2.41. The molecule has 2 aromatic carbocycles. The number of hydrogen-bond donors (Lipinski definition) is 2. The third-order valence-corrected chi connectivity index (χ3v) is 6.64. The van der Waals surface area contributed by atoms with Crippen molar-refractivity contribution >= 4 is 34.2 Å². The van der Waals surface area contributed by atoms with Crippen molar-refractivity contribution in [3.05, 3.63) is 65.2 Å². The Hall–Kier alpha value is -2.79. The van der Waals surface area contributed by atoms with Crippen LogP contribution in [0.15, 0.2) is 54.6 Å². The molecule has 2 fully saturated rings. The number of hydrogen-bond acceptors (Lipinski definition) is 4. The van der Waals surface area contributed by atoms with E-state index in [0.29, 0.717) is 11.4 Å². The smallest absolute Gasteiger partial charge is 0.223 e. The lowest BCUT2D eigenvalue weighted by atomic mass is 9.95. The lowest BCUT2D eigenvalue weighted by Gasteiger charge is -2.32. The number of piperidine rings is 1. The summed E-state index contributed by atoms with van der Waals surface area (Å²) in [5, 5.41) is 15.0. The normalized spacial score (nSPS) is 21.6. The van der Waals surface area contributed by atoms with Crippen LogP contribution in [0.4, 0.5) is 5.82 Å². The fourth-order valence-electron chi connectivity index (χ4n) is 4.44. The second kappa shape index (κ2) is 7.80. The minimum atomic E-state index is 0.0302. The number of aromatic nitrogens is 1. The maximum absolute atomic E-state index is 12.8. The summed E-state index contributed by atoms with van der Waals surface area (Å²) < 4.78 is 0. The summed E-state index contributed by atoms with van der Waals surface area (Å²) in [7, 11) is 0. The van der Waals surface area contributed by atoms with Gasteiger partial charge in [-0.05, 0) is 49.1 Å². The lowest BCUT2D eigenvalue weighted by Crippen LogP contribution is -2.41. The van der Waals surface area contributed by atoms with Crippen LogP contribution in [-0.2, 0) is 4.79 Å². The first-order valence-corrected chi connectivity index (χ1v) is 10.9. The van der Waals surface area contributed by atoms with Crippen molar-refractivity contribution in [3.8, 4) is 5.75 Å². The summed E-state index contributed by atoms with van der Waals surface area (Å²) in [6.07, 6.45) is 2.56. The van der Waals surface area contributed by atoms with Crippen LogP contribution >= 0.6 is 11.6 Å². The summed E-state index contributed by atoms with van der Waals surface area (Å²) in [5.41, 5.74) is 1.75. The molecule has 1 saturated heterocycles. The molecule has 1 amide bonds. The van der Waals surface area contributed by atoms with Crippen LogP contribution in [0.5, 0.6) is 5.75 Å². The van der Waals surface area contributed by atoms with Crippen molar-refractivity contribution in [1.82, 2.24) is 10.3 Å². The lowest BCUT2D eigenvalue weighted by molar-refractivity contribution is -0.125. The molecule has 2 heterocycles. The first-order valence-electron chi connectivity index (χ1n) is 10.5. The molecule has 154 valence electrons. The van der Waals surface area contributed by atoms with E-state index in [1.165, 1.54) is 0 Å². The van der Waals surface area contributed by atoms with Gasteiger partial charge in [0.2, 0.25) is 5.91 Å². The topological polar surface area (TPSA) is 65.5 Å². The van der Waals surface area contributed by atoms with Crippen LogP contribution in [-0.4, -0.2) is 35.1 Å². The van der Waals surface area contributed by atoms with E-state index in [-0.39, 0.29) is 23.6 Å². The minimum Gasteiger partial charge on any atom is -0.506 e. The summed E-state index contributed by atoms with van der Waals surface area (Å²) >= 11 is 6.29. The van der Waals surface area contributed by atoms with Gasteiger partial charge in [-0.15, -0.1) is 0 Å². The third-order valence-electron chi connectivity index (χ3n) is 6.30. The zero-order chi connectivity index (χ0) is 20.7. The van der Waals surface area contributed by atoms with Gasteiger partial charge in [0.1, 0.15) is 17.1 Å². The highest BCUT2D eigenvalue weighted by Crippen LogP contribution is 2.43. The Morgan fingerprint density at radius 1 is 1.07 bits per heavy atom. The van der Waals surface area contributed by atoms with Gasteiger partial charge in [-0.1, -0.05) is 41.9 Å². The highest BCUT2D eigenvalue weighted by molar-refractivity contribution is 6.31. The zero-order valence-corrected chi connectivity index (χ0v) is 17.3. The van der Waals surface area contributed by atoms with Gasteiger partial charge in [-0.3, -0.25) is 4.79 Å². The van der Waals surface area contributed by atoms with Crippen LogP contribution < -0.4 is 10.2 Å². The summed E-state index contributed by atoms with van der Waals surface area (Å²) in [6, 6.07) is 17.5. The molecule has 3 aromatic rings. The number of pyridine rings is 1. The molecule has 0 bridgehead atoms. The van der Waals surface area contributed by atoms with Crippen molar-refractivity contribution in [3.63, 3.8) is 0 Å².